The van der Waals surface area contributed by atoms with Gasteiger partial charge in [0, 0.05) is 36.3 Å². The molecule has 8 nitrogen and oxygen atoms in total. The Morgan fingerprint density at radius 2 is 1.04 bits per heavy atom. The fourth-order valence-electron chi connectivity index (χ4n) is 12.8. The standard InChI is InChI=1S/2C21H25NO3.2ClH/c2*1-12-6-7-21(24)16-10-14-4-5-15(23)18-17(14)20(21,19(12)25-18)8-9-22(16)11-13-2-3-13;;/h2*4-5,13,16,19,23-24H,1-3,6-11H2;2*1H/t2*16-,19+,20+,21-;;/m11../s1. The molecule has 2 aromatic carbocycles. The molecule has 2 aromatic rings. The highest BCUT2D eigenvalue weighted by Gasteiger charge is 2.73. The van der Waals surface area contributed by atoms with Gasteiger partial charge in [-0.2, -0.15) is 0 Å². The Labute approximate surface area is 318 Å². The van der Waals surface area contributed by atoms with Crippen LogP contribution in [0.4, 0.5) is 0 Å². The van der Waals surface area contributed by atoms with Crippen LogP contribution in [-0.4, -0.2) is 91.9 Å². The molecule has 10 aliphatic rings. The third kappa shape index (κ3) is 4.26. The van der Waals surface area contributed by atoms with Crippen molar-refractivity contribution in [2.24, 2.45) is 11.8 Å². The third-order valence-electron chi connectivity index (χ3n) is 15.4. The number of benzene rings is 2. The zero-order valence-electron chi connectivity index (χ0n) is 29.8. The van der Waals surface area contributed by atoms with E-state index in [1.807, 2.05) is 12.1 Å². The molecule has 6 fully saturated rings. The molecule has 280 valence electrons. The number of phenolic OH excluding ortho intramolecular Hbond substituents is 2. The van der Waals surface area contributed by atoms with E-state index in [2.05, 4.69) is 23.0 Å². The first-order chi connectivity index (χ1) is 24.1. The monoisotopic (exact) mass is 750 g/mol. The predicted molar refractivity (Wildman–Crippen MR) is 202 cm³/mol. The van der Waals surface area contributed by atoms with E-state index in [4.69, 9.17) is 9.47 Å². The SMILES string of the molecule is C=C1CC[C@@]2(O)[C@H]3Cc4ccc(O)c5c4[C@@]2(CCN3CC2CC2)[C@H]1O5.C=C1CC[C@@]2(O)[C@H]3Cc4ccc(O)c5c4[C@@]2(CCN3CC2CC2)[C@H]1O5.Cl.Cl. The van der Waals surface area contributed by atoms with E-state index in [1.165, 1.54) is 36.8 Å². The summed E-state index contributed by atoms with van der Waals surface area (Å²) >= 11 is 0. The van der Waals surface area contributed by atoms with Crippen molar-refractivity contribution < 1.29 is 29.9 Å². The maximum atomic E-state index is 12.1. The van der Waals surface area contributed by atoms with Crippen LogP contribution in [0.2, 0.25) is 0 Å². The Kier molecular flexibility index (Phi) is 7.82. The van der Waals surface area contributed by atoms with Gasteiger partial charge >= 0.3 is 0 Å². The van der Waals surface area contributed by atoms with Crippen molar-refractivity contribution in [1.29, 1.82) is 0 Å². The summed E-state index contributed by atoms with van der Waals surface area (Å²) in [4.78, 5) is 5.11. The number of nitrogens with zero attached hydrogens (tertiary/aromatic N) is 2. The zero-order chi connectivity index (χ0) is 33.9. The molecule has 10 heteroatoms. The summed E-state index contributed by atoms with van der Waals surface area (Å²) in [5, 5.41) is 45.0. The van der Waals surface area contributed by atoms with Gasteiger partial charge in [0.2, 0.25) is 0 Å². The summed E-state index contributed by atoms with van der Waals surface area (Å²) in [5.41, 5.74) is 4.41. The predicted octanol–water partition coefficient (Wildman–Crippen LogP) is 5.87. The van der Waals surface area contributed by atoms with E-state index in [9.17, 15) is 20.4 Å². The van der Waals surface area contributed by atoms with Gasteiger partial charge in [0.15, 0.2) is 23.0 Å². The van der Waals surface area contributed by atoms with Crippen molar-refractivity contribution in [1.82, 2.24) is 9.80 Å². The molecule has 6 aliphatic carbocycles. The Morgan fingerprint density at radius 3 is 1.42 bits per heavy atom. The third-order valence-corrected chi connectivity index (χ3v) is 15.4. The number of hydrogen-bond acceptors (Lipinski definition) is 8. The Morgan fingerprint density at radius 1 is 0.635 bits per heavy atom. The summed E-state index contributed by atoms with van der Waals surface area (Å²) in [6.45, 7) is 12.8. The van der Waals surface area contributed by atoms with E-state index in [-0.39, 0.29) is 60.6 Å². The van der Waals surface area contributed by atoms with E-state index < -0.39 is 22.0 Å². The number of aromatic hydroxyl groups is 2. The fraction of sp³-hybridized carbons (Fsp3) is 0.619. The van der Waals surface area contributed by atoms with E-state index in [0.717, 1.165) is 112 Å². The molecule has 4 aliphatic heterocycles. The normalized spacial score (nSPS) is 39.8. The molecule has 12 rings (SSSR count). The minimum Gasteiger partial charge on any atom is -0.504 e. The lowest BCUT2D eigenvalue weighted by Gasteiger charge is -2.63. The summed E-state index contributed by atoms with van der Waals surface area (Å²) in [6.07, 6.45) is 11.6. The number of likely N-dealkylation sites (tertiary alicyclic amines) is 2. The minimum atomic E-state index is -0.780. The fourth-order valence-corrected chi connectivity index (χ4v) is 12.8. The quantitative estimate of drug-likeness (QED) is 0.288. The number of aliphatic hydroxyl groups is 2. The lowest BCUT2D eigenvalue weighted by Crippen LogP contribution is -2.75. The van der Waals surface area contributed by atoms with Gasteiger partial charge < -0.3 is 29.9 Å². The van der Waals surface area contributed by atoms with Gasteiger partial charge in [-0.1, -0.05) is 25.3 Å². The van der Waals surface area contributed by atoms with Crippen molar-refractivity contribution in [3.05, 3.63) is 70.8 Å². The van der Waals surface area contributed by atoms with Crippen LogP contribution in [0.15, 0.2) is 48.6 Å². The van der Waals surface area contributed by atoms with Gasteiger partial charge in [0.25, 0.3) is 0 Å². The molecule has 4 saturated carbocycles. The van der Waals surface area contributed by atoms with Crippen LogP contribution in [0.3, 0.4) is 0 Å². The van der Waals surface area contributed by atoms with Crippen LogP contribution in [0, 0.1) is 11.8 Å². The van der Waals surface area contributed by atoms with E-state index >= 15 is 0 Å². The number of phenols is 2. The first kappa shape index (κ1) is 35.3. The Bertz CT molecular complexity index is 1750. The highest BCUT2D eigenvalue weighted by Crippen LogP contribution is 2.68. The second-order valence-corrected chi connectivity index (χ2v) is 17.8. The second kappa shape index (κ2) is 11.5. The van der Waals surface area contributed by atoms with Gasteiger partial charge in [0.05, 0.1) is 22.0 Å². The van der Waals surface area contributed by atoms with Crippen LogP contribution >= 0.6 is 24.8 Å². The molecule has 0 amide bonds. The molecule has 0 radical (unpaired) electrons. The van der Waals surface area contributed by atoms with Crippen molar-refractivity contribution in [3.8, 4) is 23.0 Å². The van der Waals surface area contributed by atoms with Gasteiger partial charge in [-0.25, -0.2) is 0 Å². The minimum absolute atomic E-state index is 0. The first-order valence-corrected chi connectivity index (χ1v) is 19.4. The largest absolute Gasteiger partial charge is 0.504 e. The first-order valence-electron chi connectivity index (χ1n) is 19.4. The van der Waals surface area contributed by atoms with Crippen LogP contribution in [0.25, 0.3) is 0 Å². The topological polar surface area (TPSA) is 106 Å². The molecule has 52 heavy (non-hydrogen) atoms. The second-order valence-electron chi connectivity index (χ2n) is 17.8. The number of rotatable bonds is 4. The number of piperidine rings is 2. The lowest BCUT2D eigenvalue weighted by molar-refractivity contribution is -0.174. The van der Waals surface area contributed by atoms with Crippen molar-refractivity contribution in [2.45, 2.75) is 123 Å². The summed E-state index contributed by atoms with van der Waals surface area (Å²) in [7, 11) is 0. The number of ether oxygens (including phenoxy) is 2. The number of halogens is 2. The van der Waals surface area contributed by atoms with Gasteiger partial charge in [-0.3, -0.25) is 9.80 Å². The molecule has 2 spiro atoms. The molecule has 4 N–H and O–H groups in total. The molecule has 4 heterocycles. The lowest BCUT2D eigenvalue weighted by atomic mass is 9.48. The summed E-state index contributed by atoms with van der Waals surface area (Å²) in [6, 6.07) is 7.93. The summed E-state index contributed by atoms with van der Waals surface area (Å²) in [5.74, 6) is 3.27. The maximum absolute atomic E-state index is 12.1. The van der Waals surface area contributed by atoms with Crippen LogP contribution < -0.4 is 9.47 Å². The van der Waals surface area contributed by atoms with Crippen molar-refractivity contribution >= 4 is 24.8 Å². The van der Waals surface area contributed by atoms with Crippen LogP contribution in [0.1, 0.15) is 86.5 Å². The smallest absolute Gasteiger partial charge is 0.166 e. The van der Waals surface area contributed by atoms with Gasteiger partial charge in [-0.05, 0) is 136 Å². The summed E-state index contributed by atoms with van der Waals surface area (Å²) < 4.78 is 12.6. The van der Waals surface area contributed by atoms with E-state index in [1.54, 1.807) is 12.1 Å². The van der Waals surface area contributed by atoms with Gasteiger partial charge in [-0.15, -0.1) is 24.8 Å². The average Bonchev–Trinajstić information content (AvgIpc) is 4.02. The molecular formula is C42H52Cl2N2O6. The number of hydrogen-bond donors (Lipinski definition) is 4. The van der Waals surface area contributed by atoms with Crippen LogP contribution in [-0.2, 0) is 23.7 Å². The molecule has 4 bridgehead atoms. The average molecular weight is 752 g/mol. The van der Waals surface area contributed by atoms with Crippen molar-refractivity contribution in [3.63, 3.8) is 0 Å². The zero-order valence-corrected chi connectivity index (χ0v) is 31.5. The molecule has 8 atom stereocenters. The van der Waals surface area contributed by atoms with E-state index in [0.29, 0.717) is 11.5 Å². The Balaban J connectivity index is 0.000000133. The molecule has 0 unspecified atom stereocenters. The van der Waals surface area contributed by atoms with Gasteiger partial charge in [0.1, 0.15) is 12.2 Å². The van der Waals surface area contributed by atoms with Crippen molar-refractivity contribution in [2.75, 3.05) is 26.2 Å². The Hall–Kier alpha value is -2.46. The highest BCUT2D eigenvalue weighted by atomic mass is 35.5. The molecule has 2 saturated heterocycles. The van der Waals surface area contributed by atoms with Crippen LogP contribution in [0.5, 0.6) is 23.0 Å². The maximum Gasteiger partial charge on any atom is 0.166 e. The molecular weight excluding hydrogens is 699 g/mol. The molecule has 0 aromatic heterocycles. The highest BCUT2D eigenvalue weighted by molar-refractivity contribution is 5.85.